The number of aromatic amines is 1. The number of furan rings is 1. The first-order valence-corrected chi connectivity index (χ1v) is 10.4. The fourth-order valence-corrected chi connectivity index (χ4v) is 4.02. The Balaban J connectivity index is 1.41. The van der Waals surface area contributed by atoms with E-state index in [1.807, 2.05) is 48.7 Å². The molecule has 3 heterocycles. The molecule has 0 saturated carbocycles. The summed E-state index contributed by atoms with van der Waals surface area (Å²) in [5, 5.41) is 1.16. The quantitative estimate of drug-likeness (QED) is 0.365. The minimum atomic E-state index is 0.442. The lowest BCUT2D eigenvalue weighted by Crippen LogP contribution is -2.13. The van der Waals surface area contributed by atoms with Crippen LogP contribution >= 0.6 is 0 Å². The summed E-state index contributed by atoms with van der Waals surface area (Å²) in [5.41, 5.74) is 3.20. The van der Waals surface area contributed by atoms with Crippen LogP contribution in [0.4, 0.5) is 0 Å². The van der Waals surface area contributed by atoms with E-state index in [4.69, 9.17) is 13.9 Å². The van der Waals surface area contributed by atoms with E-state index < -0.39 is 0 Å². The summed E-state index contributed by atoms with van der Waals surface area (Å²) in [6, 6.07) is 15.8. The smallest absolute Gasteiger partial charge is 0.150 e. The van der Waals surface area contributed by atoms with E-state index in [1.165, 1.54) is 5.56 Å². The number of hydrogen-bond acceptors (Lipinski definition) is 4. The maximum absolute atomic E-state index is 5.97. The van der Waals surface area contributed by atoms with Gasteiger partial charge in [0.15, 0.2) is 0 Å². The van der Waals surface area contributed by atoms with Gasteiger partial charge in [-0.25, -0.2) is 4.98 Å². The lowest BCUT2D eigenvalue weighted by molar-refractivity contribution is 0.235. The van der Waals surface area contributed by atoms with Crippen molar-refractivity contribution in [3.63, 3.8) is 0 Å². The molecular formula is C25H28N2O3. The van der Waals surface area contributed by atoms with Crippen LogP contribution in [0.25, 0.3) is 22.5 Å². The van der Waals surface area contributed by atoms with Crippen LogP contribution in [0.2, 0.25) is 0 Å². The SMILES string of the molecule is COc1ccc(OC[C@H](C)CC(C)Cc2c(-c3ccco3)[nH]c3ncccc23)cc1. The van der Waals surface area contributed by atoms with Gasteiger partial charge in [0.25, 0.3) is 0 Å². The number of benzene rings is 1. The van der Waals surface area contributed by atoms with Gasteiger partial charge in [0.2, 0.25) is 0 Å². The van der Waals surface area contributed by atoms with Crippen LogP contribution < -0.4 is 9.47 Å². The number of nitrogens with one attached hydrogen (secondary N) is 1. The molecule has 1 unspecified atom stereocenters. The second-order valence-corrected chi connectivity index (χ2v) is 7.99. The van der Waals surface area contributed by atoms with E-state index in [0.717, 1.165) is 46.8 Å². The van der Waals surface area contributed by atoms with Crippen molar-refractivity contribution in [3.05, 3.63) is 66.6 Å². The maximum atomic E-state index is 5.97. The van der Waals surface area contributed by atoms with Crippen molar-refractivity contribution in [2.24, 2.45) is 11.8 Å². The van der Waals surface area contributed by atoms with Crippen molar-refractivity contribution in [3.8, 4) is 23.0 Å². The average molecular weight is 405 g/mol. The second-order valence-electron chi connectivity index (χ2n) is 7.99. The third-order valence-electron chi connectivity index (χ3n) is 5.40. The highest BCUT2D eigenvalue weighted by Gasteiger charge is 2.19. The third-order valence-corrected chi connectivity index (χ3v) is 5.40. The Kier molecular flexibility index (Phi) is 6.07. The van der Waals surface area contributed by atoms with Crippen LogP contribution in [0.15, 0.2) is 65.4 Å². The van der Waals surface area contributed by atoms with E-state index in [1.54, 1.807) is 13.4 Å². The molecule has 0 bridgehead atoms. The molecule has 30 heavy (non-hydrogen) atoms. The van der Waals surface area contributed by atoms with E-state index in [0.29, 0.717) is 18.4 Å². The lowest BCUT2D eigenvalue weighted by Gasteiger charge is -2.18. The molecule has 1 N–H and O–H groups in total. The molecule has 0 fully saturated rings. The number of rotatable bonds is 9. The lowest BCUT2D eigenvalue weighted by atomic mass is 9.90. The highest BCUT2D eigenvalue weighted by molar-refractivity contribution is 5.87. The number of hydrogen-bond donors (Lipinski definition) is 1. The summed E-state index contributed by atoms with van der Waals surface area (Å²) in [7, 11) is 1.67. The first-order valence-electron chi connectivity index (χ1n) is 10.4. The van der Waals surface area contributed by atoms with Crippen molar-refractivity contribution in [1.82, 2.24) is 9.97 Å². The van der Waals surface area contributed by atoms with Gasteiger partial charge in [-0.2, -0.15) is 0 Å². The molecule has 0 aliphatic heterocycles. The summed E-state index contributed by atoms with van der Waals surface area (Å²) in [6.45, 7) is 5.23. The molecule has 0 amide bonds. The minimum absolute atomic E-state index is 0.442. The highest BCUT2D eigenvalue weighted by Crippen LogP contribution is 2.32. The van der Waals surface area contributed by atoms with Crippen LogP contribution in [0.5, 0.6) is 11.5 Å². The number of fused-ring (bicyclic) bond motifs is 1. The first-order chi connectivity index (χ1) is 14.6. The van der Waals surface area contributed by atoms with Gasteiger partial charge in [0, 0.05) is 11.6 Å². The van der Waals surface area contributed by atoms with Gasteiger partial charge < -0.3 is 18.9 Å². The molecule has 1 aromatic carbocycles. The largest absolute Gasteiger partial charge is 0.497 e. The molecule has 2 atom stereocenters. The summed E-state index contributed by atoms with van der Waals surface area (Å²) < 4.78 is 16.8. The molecule has 0 saturated heterocycles. The van der Waals surface area contributed by atoms with Gasteiger partial charge in [0.1, 0.15) is 22.9 Å². The Hall–Kier alpha value is -3.21. The minimum Gasteiger partial charge on any atom is -0.497 e. The van der Waals surface area contributed by atoms with Crippen LogP contribution in [0, 0.1) is 11.8 Å². The highest BCUT2D eigenvalue weighted by atomic mass is 16.5. The van der Waals surface area contributed by atoms with Crippen molar-refractivity contribution in [2.45, 2.75) is 26.7 Å². The Labute approximate surface area is 177 Å². The molecule has 156 valence electrons. The maximum Gasteiger partial charge on any atom is 0.150 e. The van der Waals surface area contributed by atoms with Crippen LogP contribution in [0.1, 0.15) is 25.8 Å². The second kappa shape index (κ2) is 9.08. The van der Waals surface area contributed by atoms with Gasteiger partial charge in [-0.1, -0.05) is 13.8 Å². The average Bonchev–Trinajstić information content (AvgIpc) is 3.41. The molecule has 0 spiro atoms. The number of methoxy groups -OCH3 is 1. The normalized spacial score (nSPS) is 13.3. The number of ether oxygens (including phenoxy) is 2. The molecule has 0 aliphatic rings. The molecule has 5 heteroatoms. The van der Waals surface area contributed by atoms with Crippen LogP contribution in [0.3, 0.4) is 0 Å². The third kappa shape index (κ3) is 4.51. The Morgan fingerprint density at radius 1 is 1.00 bits per heavy atom. The fraction of sp³-hybridized carbons (Fsp3) is 0.320. The molecule has 0 aliphatic carbocycles. The van der Waals surface area contributed by atoms with E-state index in [2.05, 4.69) is 29.9 Å². The Morgan fingerprint density at radius 2 is 1.80 bits per heavy atom. The Morgan fingerprint density at radius 3 is 2.53 bits per heavy atom. The molecular weight excluding hydrogens is 376 g/mol. The first kappa shape index (κ1) is 20.1. The number of aromatic nitrogens is 2. The van der Waals surface area contributed by atoms with E-state index >= 15 is 0 Å². The Bertz CT molecular complexity index is 1070. The predicted octanol–water partition coefficient (Wildman–Crippen LogP) is 6.12. The van der Waals surface area contributed by atoms with E-state index in [9.17, 15) is 0 Å². The van der Waals surface area contributed by atoms with Gasteiger partial charge in [-0.15, -0.1) is 0 Å². The molecule has 3 aromatic heterocycles. The zero-order chi connectivity index (χ0) is 20.9. The fourth-order valence-electron chi connectivity index (χ4n) is 4.02. The summed E-state index contributed by atoms with van der Waals surface area (Å²) >= 11 is 0. The standard InChI is InChI=1S/C25H28N2O3/c1-17(14-18(2)16-30-20-10-8-19(28-3)9-11-20)15-22-21-6-4-12-26-25(21)27-24(22)23-7-5-13-29-23/h4-13,17-18H,14-16H2,1-3H3,(H,26,27)/t17?,18-/m1/s1. The van der Waals surface area contributed by atoms with E-state index in [-0.39, 0.29) is 0 Å². The predicted molar refractivity (Wildman–Crippen MR) is 119 cm³/mol. The molecule has 5 nitrogen and oxygen atoms in total. The van der Waals surface area contributed by atoms with Gasteiger partial charge in [-0.3, -0.25) is 0 Å². The zero-order valence-corrected chi connectivity index (χ0v) is 17.7. The number of pyridine rings is 1. The van der Waals surface area contributed by atoms with Crippen molar-refractivity contribution in [2.75, 3.05) is 13.7 Å². The zero-order valence-electron chi connectivity index (χ0n) is 17.7. The molecule has 4 rings (SSSR count). The van der Waals surface area contributed by atoms with Crippen molar-refractivity contribution in [1.29, 1.82) is 0 Å². The van der Waals surface area contributed by atoms with Gasteiger partial charge >= 0.3 is 0 Å². The number of nitrogens with zero attached hydrogens (tertiary/aromatic N) is 1. The monoisotopic (exact) mass is 404 g/mol. The summed E-state index contributed by atoms with van der Waals surface area (Å²) in [6.07, 6.45) is 5.55. The molecule has 0 radical (unpaired) electrons. The van der Waals surface area contributed by atoms with Crippen LogP contribution in [-0.4, -0.2) is 23.7 Å². The van der Waals surface area contributed by atoms with Gasteiger partial charge in [0.05, 0.1) is 25.7 Å². The van der Waals surface area contributed by atoms with Crippen molar-refractivity contribution < 1.29 is 13.9 Å². The van der Waals surface area contributed by atoms with Crippen molar-refractivity contribution >= 4 is 11.0 Å². The summed E-state index contributed by atoms with van der Waals surface area (Å²) in [4.78, 5) is 7.93. The van der Waals surface area contributed by atoms with Gasteiger partial charge in [-0.05, 0) is 78.8 Å². The topological polar surface area (TPSA) is 60.3 Å². The summed E-state index contributed by atoms with van der Waals surface area (Å²) in [5.74, 6) is 3.50. The van der Waals surface area contributed by atoms with Crippen LogP contribution in [-0.2, 0) is 6.42 Å². The molecule has 4 aromatic rings. The number of H-pyrrole nitrogens is 1.